The average molecular weight is 493 g/mol. The number of rotatable bonds is 6. The third-order valence-corrected chi connectivity index (χ3v) is 5.98. The SMILES string of the molecule is CCOC(=O)c1cc2c(=O)n3ccccc3nc2n(CCc2ccccc2)c1=NC(=O)c1ccccc1. The molecule has 5 rings (SSSR count). The molecule has 0 radical (unpaired) electrons. The van der Waals surface area contributed by atoms with Gasteiger partial charge >= 0.3 is 5.97 Å². The summed E-state index contributed by atoms with van der Waals surface area (Å²) >= 11 is 0. The Morgan fingerprint density at radius 3 is 2.38 bits per heavy atom. The van der Waals surface area contributed by atoms with E-state index in [9.17, 15) is 14.4 Å². The number of ether oxygens (including phenoxy) is 1. The van der Waals surface area contributed by atoms with Crippen molar-refractivity contribution in [3.63, 3.8) is 0 Å². The monoisotopic (exact) mass is 492 g/mol. The van der Waals surface area contributed by atoms with Gasteiger partial charge in [0.25, 0.3) is 11.5 Å². The van der Waals surface area contributed by atoms with Crippen LogP contribution in [-0.4, -0.2) is 32.4 Å². The maximum absolute atomic E-state index is 13.5. The Hall–Kier alpha value is -4.85. The number of hydrogen-bond donors (Lipinski definition) is 0. The Bertz CT molecular complexity index is 1740. The number of esters is 1. The lowest BCUT2D eigenvalue weighted by Gasteiger charge is -2.15. The molecular weight excluding hydrogens is 468 g/mol. The Balaban J connectivity index is 1.84. The Kier molecular flexibility index (Phi) is 6.72. The van der Waals surface area contributed by atoms with E-state index in [0.29, 0.717) is 29.8 Å². The van der Waals surface area contributed by atoms with Crippen molar-refractivity contribution in [3.8, 4) is 0 Å². The quantitative estimate of drug-likeness (QED) is 0.265. The molecule has 5 aromatic rings. The molecule has 0 bridgehead atoms. The van der Waals surface area contributed by atoms with Gasteiger partial charge in [-0.15, -0.1) is 0 Å². The number of pyridine rings is 2. The first-order chi connectivity index (χ1) is 18.1. The number of benzene rings is 2. The summed E-state index contributed by atoms with van der Waals surface area (Å²) in [7, 11) is 0. The van der Waals surface area contributed by atoms with Crippen LogP contribution in [0.5, 0.6) is 0 Å². The molecule has 0 aliphatic heterocycles. The van der Waals surface area contributed by atoms with Crippen LogP contribution >= 0.6 is 0 Å². The van der Waals surface area contributed by atoms with Crippen LogP contribution in [0.1, 0.15) is 33.2 Å². The molecule has 0 aliphatic carbocycles. The van der Waals surface area contributed by atoms with Crippen molar-refractivity contribution in [3.05, 3.63) is 124 Å². The lowest BCUT2D eigenvalue weighted by Crippen LogP contribution is -2.33. The first-order valence-electron chi connectivity index (χ1n) is 12.0. The van der Waals surface area contributed by atoms with Crippen molar-refractivity contribution in [1.29, 1.82) is 0 Å². The molecule has 3 heterocycles. The maximum Gasteiger partial charge on any atom is 0.341 e. The molecule has 8 heteroatoms. The van der Waals surface area contributed by atoms with Gasteiger partial charge in [0.05, 0.1) is 12.0 Å². The minimum Gasteiger partial charge on any atom is -0.462 e. The van der Waals surface area contributed by atoms with E-state index in [-0.39, 0.29) is 28.6 Å². The van der Waals surface area contributed by atoms with Crippen molar-refractivity contribution in [2.75, 3.05) is 6.61 Å². The van der Waals surface area contributed by atoms with Crippen LogP contribution in [-0.2, 0) is 17.7 Å². The standard InChI is InChI=1S/C29H24N4O4/c1-2-37-29(36)23-19-22-25(30-24-15-9-10-17-32(24)28(22)35)33(18-16-20-11-5-3-6-12-20)26(23)31-27(34)21-13-7-4-8-14-21/h3-15,17,19H,2,16,18H2,1H3. The van der Waals surface area contributed by atoms with E-state index in [2.05, 4.69) is 4.99 Å². The summed E-state index contributed by atoms with van der Waals surface area (Å²) in [5, 5.41) is 0.228. The molecule has 0 fully saturated rings. The van der Waals surface area contributed by atoms with E-state index in [1.54, 1.807) is 66.2 Å². The molecule has 1 amide bonds. The number of carbonyl (C=O) groups excluding carboxylic acids is 2. The summed E-state index contributed by atoms with van der Waals surface area (Å²) in [4.78, 5) is 48.8. The van der Waals surface area contributed by atoms with Crippen LogP contribution < -0.4 is 11.0 Å². The van der Waals surface area contributed by atoms with Gasteiger partial charge in [0.2, 0.25) is 0 Å². The number of amides is 1. The van der Waals surface area contributed by atoms with Crippen LogP contribution in [0.4, 0.5) is 0 Å². The number of fused-ring (bicyclic) bond motifs is 2. The van der Waals surface area contributed by atoms with Crippen molar-refractivity contribution in [2.24, 2.45) is 4.99 Å². The molecular formula is C29H24N4O4. The molecule has 0 atom stereocenters. The van der Waals surface area contributed by atoms with Gasteiger partial charge in [-0.25, -0.2) is 9.78 Å². The molecule has 0 saturated carbocycles. The van der Waals surface area contributed by atoms with Gasteiger partial charge in [0.15, 0.2) is 5.49 Å². The molecule has 2 aromatic carbocycles. The topological polar surface area (TPSA) is 95.0 Å². The highest BCUT2D eigenvalue weighted by Gasteiger charge is 2.20. The summed E-state index contributed by atoms with van der Waals surface area (Å²) in [6.45, 7) is 2.14. The Labute approximate surface area is 212 Å². The molecule has 0 aliphatic rings. The highest BCUT2D eigenvalue weighted by Crippen LogP contribution is 2.13. The van der Waals surface area contributed by atoms with E-state index in [4.69, 9.17) is 9.72 Å². The fraction of sp³-hybridized carbons (Fsp3) is 0.138. The van der Waals surface area contributed by atoms with Crippen molar-refractivity contribution in [2.45, 2.75) is 19.9 Å². The highest BCUT2D eigenvalue weighted by atomic mass is 16.5. The minimum atomic E-state index is -0.671. The molecule has 184 valence electrons. The van der Waals surface area contributed by atoms with Gasteiger partial charge in [-0.3, -0.25) is 14.0 Å². The number of aromatic nitrogens is 3. The van der Waals surface area contributed by atoms with Crippen LogP contribution in [0.3, 0.4) is 0 Å². The van der Waals surface area contributed by atoms with Gasteiger partial charge in [0, 0.05) is 18.3 Å². The largest absolute Gasteiger partial charge is 0.462 e. The molecule has 8 nitrogen and oxygen atoms in total. The molecule has 3 aromatic heterocycles. The van der Waals surface area contributed by atoms with E-state index < -0.39 is 11.9 Å². The van der Waals surface area contributed by atoms with Crippen molar-refractivity contribution < 1.29 is 14.3 Å². The maximum atomic E-state index is 13.5. The summed E-state index contributed by atoms with van der Waals surface area (Å²) in [5.41, 5.74) is 1.99. The fourth-order valence-electron chi connectivity index (χ4n) is 4.20. The molecule has 0 unspecified atom stereocenters. The summed E-state index contributed by atoms with van der Waals surface area (Å²) in [6.07, 6.45) is 2.18. The zero-order valence-corrected chi connectivity index (χ0v) is 20.2. The molecule has 0 saturated heterocycles. The van der Waals surface area contributed by atoms with Crippen molar-refractivity contribution >= 4 is 28.6 Å². The Morgan fingerprint density at radius 2 is 1.65 bits per heavy atom. The zero-order valence-electron chi connectivity index (χ0n) is 20.2. The number of hydrogen-bond acceptors (Lipinski definition) is 5. The fourth-order valence-corrected chi connectivity index (χ4v) is 4.20. The third-order valence-electron chi connectivity index (χ3n) is 5.98. The van der Waals surface area contributed by atoms with Crippen LogP contribution in [0.2, 0.25) is 0 Å². The van der Waals surface area contributed by atoms with Gasteiger partial charge in [-0.1, -0.05) is 54.6 Å². The predicted molar refractivity (Wildman–Crippen MR) is 139 cm³/mol. The zero-order chi connectivity index (χ0) is 25.8. The number of aryl methyl sites for hydroxylation is 2. The van der Waals surface area contributed by atoms with Crippen molar-refractivity contribution in [1.82, 2.24) is 14.0 Å². The number of nitrogens with zero attached hydrogens (tertiary/aromatic N) is 4. The first kappa shape index (κ1) is 23.9. The minimum absolute atomic E-state index is 0.0291. The summed E-state index contributed by atoms with van der Waals surface area (Å²) < 4.78 is 8.39. The van der Waals surface area contributed by atoms with Crippen LogP contribution in [0, 0.1) is 0 Å². The lowest BCUT2D eigenvalue weighted by atomic mass is 10.1. The van der Waals surface area contributed by atoms with Gasteiger partial charge < -0.3 is 9.30 Å². The van der Waals surface area contributed by atoms with E-state index in [1.165, 1.54) is 10.5 Å². The summed E-state index contributed by atoms with van der Waals surface area (Å²) in [5.74, 6) is -1.19. The number of carbonyl (C=O) groups is 2. The second-order valence-corrected chi connectivity index (χ2v) is 8.36. The normalized spacial score (nSPS) is 11.6. The van der Waals surface area contributed by atoms with Crippen LogP contribution in [0.25, 0.3) is 16.7 Å². The Morgan fingerprint density at radius 1 is 0.946 bits per heavy atom. The van der Waals surface area contributed by atoms with Crippen LogP contribution in [0.15, 0.2) is 101 Å². The first-order valence-corrected chi connectivity index (χ1v) is 12.0. The third kappa shape index (κ3) is 4.81. The van der Waals surface area contributed by atoms with Gasteiger partial charge in [-0.2, -0.15) is 4.99 Å². The smallest absolute Gasteiger partial charge is 0.341 e. The van der Waals surface area contributed by atoms with Gasteiger partial charge in [0.1, 0.15) is 16.9 Å². The van der Waals surface area contributed by atoms with E-state index >= 15 is 0 Å². The molecule has 0 spiro atoms. The predicted octanol–water partition coefficient (Wildman–Crippen LogP) is 3.81. The van der Waals surface area contributed by atoms with E-state index in [1.807, 2.05) is 30.3 Å². The molecule has 0 N–H and O–H groups in total. The second kappa shape index (κ2) is 10.4. The molecule has 37 heavy (non-hydrogen) atoms. The summed E-state index contributed by atoms with van der Waals surface area (Å²) in [6, 6.07) is 25.1. The highest BCUT2D eigenvalue weighted by molar-refractivity contribution is 5.97. The second-order valence-electron chi connectivity index (χ2n) is 8.36. The van der Waals surface area contributed by atoms with E-state index in [0.717, 1.165) is 5.56 Å². The van der Waals surface area contributed by atoms with Gasteiger partial charge in [-0.05, 0) is 49.2 Å². The lowest BCUT2D eigenvalue weighted by molar-refractivity contribution is 0.0523. The average Bonchev–Trinajstić information content (AvgIpc) is 2.93.